The number of aryl methyl sites for hydroxylation is 1. The van der Waals surface area contributed by atoms with Crippen LogP contribution in [0.4, 0.5) is 17.1 Å². The van der Waals surface area contributed by atoms with Crippen LogP contribution < -0.4 is 5.32 Å². The quantitative estimate of drug-likeness (QED) is 0.584. The van der Waals surface area contributed by atoms with Crippen molar-refractivity contribution in [1.29, 1.82) is 0 Å². The van der Waals surface area contributed by atoms with Crippen LogP contribution in [0, 0.1) is 27.2 Å². The van der Waals surface area contributed by atoms with Crippen LogP contribution in [0.5, 0.6) is 0 Å². The van der Waals surface area contributed by atoms with Crippen molar-refractivity contribution in [3.63, 3.8) is 0 Å². The lowest BCUT2D eigenvalue weighted by Crippen LogP contribution is -2.28. The van der Waals surface area contributed by atoms with Gasteiger partial charge in [0.2, 0.25) is 0 Å². The number of nitrogens with one attached hydrogen (secondary N) is 1. The minimum absolute atomic E-state index is 0.0252. The molecule has 8 heteroatoms. The zero-order valence-corrected chi connectivity index (χ0v) is 12.5. The number of benzene rings is 1. The third-order valence-electron chi connectivity index (χ3n) is 3.26. The summed E-state index contributed by atoms with van der Waals surface area (Å²) in [4.78, 5) is 23.1. The van der Waals surface area contributed by atoms with Gasteiger partial charge in [-0.2, -0.15) is 0 Å². The summed E-state index contributed by atoms with van der Waals surface area (Å²) in [6.07, 6.45) is 0. The van der Waals surface area contributed by atoms with E-state index in [-0.39, 0.29) is 17.1 Å². The van der Waals surface area contributed by atoms with Gasteiger partial charge in [-0.3, -0.25) is 20.2 Å². The summed E-state index contributed by atoms with van der Waals surface area (Å²) in [5, 5.41) is 25.0. The third-order valence-corrected chi connectivity index (χ3v) is 3.26. The minimum Gasteiger partial charge on any atom is -0.373 e. The van der Waals surface area contributed by atoms with Crippen molar-refractivity contribution in [3.05, 3.63) is 37.9 Å². The van der Waals surface area contributed by atoms with E-state index in [2.05, 4.69) is 10.2 Å². The Bertz CT molecular complexity index is 494. The van der Waals surface area contributed by atoms with E-state index >= 15 is 0 Å². The van der Waals surface area contributed by atoms with E-state index in [4.69, 9.17) is 0 Å². The molecule has 0 aliphatic rings. The van der Waals surface area contributed by atoms with Gasteiger partial charge < -0.3 is 10.2 Å². The van der Waals surface area contributed by atoms with Gasteiger partial charge in [0.25, 0.3) is 11.4 Å². The Kier molecular flexibility index (Phi) is 6.04. The highest BCUT2D eigenvalue weighted by Crippen LogP contribution is 2.35. The van der Waals surface area contributed by atoms with Crippen molar-refractivity contribution >= 4 is 17.1 Å². The molecule has 0 atom stereocenters. The van der Waals surface area contributed by atoms with Crippen LogP contribution >= 0.6 is 0 Å². The van der Waals surface area contributed by atoms with Crippen molar-refractivity contribution in [1.82, 2.24) is 4.90 Å². The number of hydrogen-bond acceptors (Lipinski definition) is 6. The molecule has 8 nitrogen and oxygen atoms in total. The fourth-order valence-electron chi connectivity index (χ4n) is 2.10. The van der Waals surface area contributed by atoms with Crippen molar-refractivity contribution in [3.8, 4) is 0 Å². The van der Waals surface area contributed by atoms with E-state index in [1.807, 2.05) is 13.8 Å². The Balaban J connectivity index is 3.03. The first-order valence-electron chi connectivity index (χ1n) is 6.80. The predicted octanol–water partition coefficient (Wildman–Crippen LogP) is 2.57. The number of rotatable bonds is 8. The maximum Gasteiger partial charge on any atom is 0.299 e. The molecule has 0 spiro atoms. The maximum absolute atomic E-state index is 11.1. The fourth-order valence-corrected chi connectivity index (χ4v) is 2.10. The molecule has 0 bridgehead atoms. The fraction of sp³-hybridized carbons (Fsp3) is 0.538. The molecule has 0 aliphatic carbocycles. The Morgan fingerprint density at radius 2 is 1.57 bits per heavy atom. The lowest BCUT2D eigenvalue weighted by molar-refractivity contribution is -0.392. The molecule has 0 radical (unpaired) electrons. The zero-order valence-electron chi connectivity index (χ0n) is 12.5. The van der Waals surface area contributed by atoms with Crippen molar-refractivity contribution < 1.29 is 9.85 Å². The van der Waals surface area contributed by atoms with E-state index in [9.17, 15) is 20.2 Å². The first-order chi connectivity index (χ1) is 9.90. The van der Waals surface area contributed by atoms with Gasteiger partial charge in [-0.15, -0.1) is 0 Å². The van der Waals surface area contributed by atoms with E-state index in [1.165, 1.54) is 12.1 Å². The van der Waals surface area contributed by atoms with Crippen LogP contribution in [0.1, 0.15) is 19.4 Å². The Hall–Kier alpha value is -2.22. The first-order valence-corrected chi connectivity index (χ1v) is 6.80. The second-order valence-electron chi connectivity index (χ2n) is 4.65. The summed E-state index contributed by atoms with van der Waals surface area (Å²) >= 11 is 0. The number of anilines is 1. The molecule has 1 N–H and O–H groups in total. The molecule has 1 aromatic rings. The Labute approximate surface area is 123 Å². The summed E-state index contributed by atoms with van der Waals surface area (Å²) in [6, 6.07) is 2.68. The lowest BCUT2D eigenvalue weighted by atomic mass is 10.1. The van der Waals surface area contributed by atoms with Gasteiger partial charge in [-0.1, -0.05) is 13.8 Å². The molecular weight excluding hydrogens is 276 g/mol. The number of nitro benzene ring substituents is 2. The second kappa shape index (κ2) is 7.53. The van der Waals surface area contributed by atoms with Crippen LogP contribution in [-0.2, 0) is 0 Å². The standard InChI is InChI=1S/C13H20N4O4/c1-4-15(5-2)7-6-14-13-11(16(18)19)8-10(3)9-12(13)17(20)21/h8-9,14H,4-7H2,1-3H3. The molecular formula is C13H20N4O4. The summed E-state index contributed by atoms with van der Waals surface area (Å²) in [5.41, 5.74) is -0.0621. The van der Waals surface area contributed by atoms with Gasteiger partial charge in [0.15, 0.2) is 5.69 Å². The van der Waals surface area contributed by atoms with Crippen LogP contribution in [0.25, 0.3) is 0 Å². The largest absolute Gasteiger partial charge is 0.373 e. The molecule has 0 aliphatic heterocycles. The lowest BCUT2D eigenvalue weighted by Gasteiger charge is -2.18. The number of nitro groups is 2. The molecule has 1 rings (SSSR count). The molecule has 0 fully saturated rings. The van der Waals surface area contributed by atoms with Crippen LogP contribution in [-0.4, -0.2) is 40.9 Å². The van der Waals surface area contributed by atoms with Crippen molar-refractivity contribution in [2.24, 2.45) is 0 Å². The van der Waals surface area contributed by atoms with Gasteiger partial charge in [0, 0.05) is 25.2 Å². The summed E-state index contributed by atoms with van der Waals surface area (Å²) < 4.78 is 0. The van der Waals surface area contributed by atoms with Crippen LogP contribution in [0.2, 0.25) is 0 Å². The maximum atomic E-state index is 11.1. The predicted molar refractivity (Wildman–Crippen MR) is 80.8 cm³/mol. The molecule has 116 valence electrons. The minimum atomic E-state index is -0.597. The normalized spacial score (nSPS) is 10.7. The smallest absolute Gasteiger partial charge is 0.299 e. The highest BCUT2D eigenvalue weighted by atomic mass is 16.6. The average Bonchev–Trinajstić information content (AvgIpc) is 2.43. The summed E-state index contributed by atoms with van der Waals surface area (Å²) in [5.74, 6) is 0. The van der Waals surface area contributed by atoms with E-state index in [0.29, 0.717) is 18.7 Å². The zero-order chi connectivity index (χ0) is 16.0. The molecule has 0 unspecified atom stereocenters. The SMILES string of the molecule is CCN(CC)CCNc1c([N+](=O)[O-])cc(C)cc1[N+](=O)[O-]. The molecule has 0 amide bonds. The van der Waals surface area contributed by atoms with Gasteiger partial charge in [-0.25, -0.2) is 0 Å². The summed E-state index contributed by atoms with van der Waals surface area (Å²) in [6.45, 7) is 8.41. The highest BCUT2D eigenvalue weighted by molar-refractivity contribution is 5.74. The van der Waals surface area contributed by atoms with Crippen LogP contribution in [0.3, 0.4) is 0 Å². The van der Waals surface area contributed by atoms with Crippen molar-refractivity contribution in [2.45, 2.75) is 20.8 Å². The van der Waals surface area contributed by atoms with Gasteiger partial charge >= 0.3 is 0 Å². The van der Waals surface area contributed by atoms with Gasteiger partial charge in [0.05, 0.1) is 9.85 Å². The highest BCUT2D eigenvalue weighted by Gasteiger charge is 2.25. The molecule has 1 aromatic carbocycles. The first kappa shape index (κ1) is 16.8. The van der Waals surface area contributed by atoms with E-state index < -0.39 is 9.85 Å². The average molecular weight is 296 g/mol. The molecule has 0 heterocycles. The second-order valence-corrected chi connectivity index (χ2v) is 4.65. The molecule has 0 aromatic heterocycles. The van der Waals surface area contributed by atoms with Gasteiger partial charge in [-0.05, 0) is 25.6 Å². The third kappa shape index (κ3) is 4.38. The molecule has 0 saturated heterocycles. The topological polar surface area (TPSA) is 102 Å². The van der Waals surface area contributed by atoms with E-state index in [0.717, 1.165) is 13.1 Å². The number of likely N-dealkylation sites (N-methyl/N-ethyl adjacent to an activating group) is 1. The monoisotopic (exact) mass is 296 g/mol. The Morgan fingerprint density at radius 3 is 1.95 bits per heavy atom. The van der Waals surface area contributed by atoms with Gasteiger partial charge in [0.1, 0.15) is 0 Å². The summed E-state index contributed by atoms with van der Waals surface area (Å²) in [7, 11) is 0. The Morgan fingerprint density at radius 1 is 1.10 bits per heavy atom. The number of nitrogens with zero attached hydrogens (tertiary/aromatic N) is 3. The van der Waals surface area contributed by atoms with Crippen LogP contribution in [0.15, 0.2) is 12.1 Å². The molecule has 21 heavy (non-hydrogen) atoms. The number of hydrogen-bond donors (Lipinski definition) is 1. The molecule has 0 saturated carbocycles. The van der Waals surface area contributed by atoms with Crippen molar-refractivity contribution in [2.75, 3.05) is 31.5 Å². The van der Waals surface area contributed by atoms with E-state index in [1.54, 1.807) is 6.92 Å².